The molecule has 0 spiro atoms. The number of esters is 4. The maximum Gasteiger partial charge on any atom is 0.408 e. The Kier molecular flexibility index (Phi) is 43.5. The van der Waals surface area contributed by atoms with E-state index in [0.29, 0.717) is 51.4 Å². The molecule has 0 unspecified atom stereocenters. The summed E-state index contributed by atoms with van der Waals surface area (Å²) in [7, 11) is 1.26. The zero-order valence-electron chi connectivity index (χ0n) is 40.5. The van der Waals surface area contributed by atoms with Gasteiger partial charge in [-0.2, -0.15) is 0 Å². The van der Waals surface area contributed by atoms with E-state index in [4.69, 9.17) is 30.9 Å². The van der Waals surface area contributed by atoms with Crippen molar-refractivity contribution in [1.29, 1.82) is 0 Å². The summed E-state index contributed by atoms with van der Waals surface area (Å²) in [5.74, 6) is -3.70. The second-order valence-corrected chi connectivity index (χ2v) is 16.0. The average molecular weight is 1070 g/mol. The molecule has 0 amide bonds. The molecule has 0 atom stereocenters. The van der Waals surface area contributed by atoms with Gasteiger partial charge < -0.3 is 38.3 Å². The lowest BCUT2D eigenvalue weighted by molar-refractivity contribution is -0.231. The van der Waals surface area contributed by atoms with Crippen LogP contribution in [0, 0.1) is 0 Å². The number of carbonyl (C=O) groups is 8. The fourth-order valence-electron chi connectivity index (χ4n) is 5.01. The highest BCUT2D eigenvalue weighted by Gasteiger charge is 2.34. The van der Waals surface area contributed by atoms with Crippen molar-refractivity contribution in [3.63, 3.8) is 0 Å². The number of cyclic esters (lactones) is 2. The van der Waals surface area contributed by atoms with Gasteiger partial charge in [-0.25, -0.2) is 4.79 Å². The predicted molar refractivity (Wildman–Crippen MR) is 270 cm³/mol. The molecule has 18 heteroatoms. The number of hydrogen-bond donors (Lipinski definition) is 1. The molecule has 70 heavy (non-hydrogen) atoms. The van der Waals surface area contributed by atoms with E-state index in [0.717, 1.165) is 43.2 Å². The standard InChI is InChI=1S/C15H20O4.C12H16O2.C9H11BrO.C6H8O4.C5H8O3.C4H5ClO2.CH4/c1-2-19-15(17)11-14(16)9-6-10-18-12-13-7-4-3-5-8-13;13-12(14)10-6-2-5-9-11-7-3-1-4-8-11;10-6-7-11-8-9-4-2-1-3-5-9;1-6(2)9-4(7)3-5(8)10-6;1-4(6)3-5(7)8-2;1-3(2)7-4(5)6;/h3-5,7-8H,2,6,9-12H2,1H3;1,3-4,7-8H,2,5-6,9-10H2,(H,13,14);1-5H,6-8H2;3H2,1-2H3;3H2,1-2H3;1H2,2H3;1H4. The number of halogens is 2. The number of alkyl halides is 1. The molecule has 390 valence electrons. The second kappa shape index (κ2) is 44.5. The van der Waals surface area contributed by atoms with Crippen molar-refractivity contribution in [2.45, 2.75) is 125 Å². The molecule has 0 aromatic heterocycles. The third kappa shape index (κ3) is 47.3. The second-order valence-electron chi connectivity index (χ2n) is 14.9. The summed E-state index contributed by atoms with van der Waals surface area (Å²) in [5, 5.41) is 9.33. The lowest BCUT2D eigenvalue weighted by Crippen LogP contribution is -2.39. The van der Waals surface area contributed by atoms with E-state index in [1.807, 2.05) is 66.7 Å². The maximum absolute atomic E-state index is 11.4. The molecular formula is C52H72BrClO16. The van der Waals surface area contributed by atoms with E-state index in [1.54, 1.807) is 13.8 Å². The SMILES string of the molecule is BrCCOCc1ccccc1.C.C=C(C)OC(=O)Cl.CC1(C)OC(=O)CC(=O)O1.CCOC(=O)CC(=O)CCCOCc1ccccc1.COC(=O)CC(C)=O.O=C(O)CCCCCc1ccccc1. The van der Waals surface area contributed by atoms with Gasteiger partial charge in [0.05, 0.1) is 39.3 Å². The number of hydrogen-bond acceptors (Lipinski definition) is 15. The van der Waals surface area contributed by atoms with Gasteiger partial charge in [-0.05, 0) is 63.1 Å². The van der Waals surface area contributed by atoms with Crippen LogP contribution in [-0.4, -0.2) is 90.0 Å². The van der Waals surface area contributed by atoms with Crippen LogP contribution < -0.4 is 0 Å². The van der Waals surface area contributed by atoms with E-state index in [1.165, 1.54) is 39.0 Å². The molecule has 1 N–H and O–H groups in total. The van der Waals surface area contributed by atoms with Gasteiger partial charge in [0, 0.05) is 50.2 Å². The minimum atomic E-state index is -1.08. The molecule has 0 saturated carbocycles. The van der Waals surface area contributed by atoms with Crippen LogP contribution in [0.15, 0.2) is 103 Å². The number of benzene rings is 3. The number of unbranched alkanes of at least 4 members (excludes halogenated alkanes) is 2. The maximum atomic E-state index is 11.4. The Morgan fingerprint density at radius 1 is 0.714 bits per heavy atom. The molecule has 1 aliphatic rings. The van der Waals surface area contributed by atoms with E-state index >= 15 is 0 Å². The minimum Gasteiger partial charge on any atom is -0.481 e. The first kappa shape index (κ1) is 68.5. The minimum absolute atomic E-state index is 0. The average Bonchev–Trinajstić information content (AvgIpc) is 3.27. The van der Waals surface area contributed by atoms with Crippen molar-refractivity contribution in [2.75, 3.05) is 32.3 Å². The number of aliphatic carboxylic acids is 1. The normalized spacial score (nSPS) is 11.4. The van der Waals surface area contributed by atoms with Gasteiger partial charge in [-0.1, -0.05) is 127 Å². The Morgan fingerprint density at radius 2 is 1.20 bits per heavy atom. The molecule has 1 fully saturated rings. The predicted octanol–water partition coefficient (Wildman–Crippen LogP) is 10.9. The molecule has 3 aromatic carbocycles. The van der Waals surface area contributed by atoms with Gasteiger partial charge in [0.2, 0.25) is 0 Å². The zero-order chi connectivity index (χ0) is 52.3. The van der Waals surface area contributed by atoms with E-state index in [2.05, 4.69) is 65.7 Å². The highest BCUT2D eigenvalue weighted by atomic mass is 79.9. The number of methoxy groups -OCH3 is 1. The van der Waals surface area contributed by atoms with E-state index < -0.39 is 41.1 Å². The smallest absolute Gasteiger partial charge is 0.408 e. The number of carboxylic acid groups (broad SMARTS) is 1. The Bertz CT molecular complexity index is 1900. The lowest BCUT2D eigenvalue weighted by atomic mass is 10.1. The van der Waals surface area contributed by atoms with E-state index in [-0.39, 0.29) is 38.3 Å². The van der Waals surface area contributed by atoms with Gasteiger partial charge >= 0.3 is 35.3 Å². The number of allylic oxidation sites excluding steroid dienone is 1. The topological polar surface area (TPSA) is 221 Å². The van der Waals surface area contributed by atoms with Crippen LogP contribution in [0.4, 0.5) is 4.79 Å². The highest BCUT2D eigenvalue weighted by molar-refractivity contribution is 9.09. The zero-order valence-corrected chi connectivity index (χ0v) is 42.8. The fourth-order valence-corrected chi connectivity index (χ4v) is 5.37. The third-order valence-corrected chi connectivity index (χ3v) is 8.32. The van der Waals surface area contributed by atoms with Gasteiger partial charge in [0.25, 0.3) is 5.79 Å². The summed E-state index contributed by atoms with van der Waals surface area (Å²) in [6.07, 6.45) is 4.70. The van der Waals surface area contributed by atoms with Crippen LogP contribution >= 0.6 is 27.5 Å². The van der Waals surface area contributed by atoms with Crippen LogP contribution in [0.1, 0.15) is 117 Å². The first-order valence-electron chi connectivity index (χ1n) is 22.0. The Morgan fingerprint density at radius 3 is 1.57 bits per heavy atom. The Balaban J connectivity index is -0.000000793. The highest BCUT2D eigenvalue weighted by Crippen LogP contribution is 2.18. The monoisotopic (exact) mass is 1070 g/mol. The molecule has 4 rings (SSSR count). The molecule has 0 radical (unpaired) electrons. The number of aryl methyl sites for hydroxylation is 1. The molecule has 16 nitrogen and oxygen atoms in total. The van der Waals surface area contributed by atoms with Crippen LogP contribution in [0.2, 0.25) is 0 Å². The number of ketones is 2. The molecule has 1 heterocycles. The number of rotatable bonds is 22. The largest absolute Gasteiger partial charge is 0.481 e. The summed E-state index contributed by atoms with van der Waals surface area (Å²) in [5.41, 5.74) is 2.84. The summed E-state index contributed by atoms with van der Waals surface area (Å²) >= 11 is 8.05. The molecule has 1 saturated heterocycles. The quantitative estimate of drug-likeness (QED) is 0.0188. The molecule has 0 bridgehead atoms. The van der Waals surface area contributed by atoms with Crippen LogP contribution in [0.25, 0.3) is 0 Å². The van der Waals surface area contributed by atoms with Crippen LogP contribution in [0.3, 0.4) is 0 Å². The van der Waals surface area contributed by atoms with Crippen molar-refractivity contribution in [1.82, 2.24) is 0 Å². The number of carboxylic acids is 1. The lowest BCUT2D eigenvalue weighted by Gasteiger charge is -2.28. The fraction of sp³-hybridized carbons (Fsp3) is 0.462. The number of Topliss-reactive ketones (excluding diaryl/α,β-unsaturated/α-hetero) is 2. The third-order valence-electron chi connectivity index (χ3n) is 7.92. The van der Waals surface area contributed by atoms with Gasteiger partial charge in [-0.3, -0.25) is 33.6 Å². The van der Waals surface area contributed by atoms with E-state index in [9.17, 15) is 38.4 Å². The van der Waals surface area contributed by atoms with Crippen molar-refractivity contribution in [2.24, 2.45) is 0 Å². The first-order valence-corrected chi connectivity index (χ1v) is 23.5. The summed E-state index contributed by atoms with van der Waals surface area (Å²) in [6, 6.07) is 30.3. The van der Waals surface area contributed by atoms with Gasteiger partial charge in [0.15, 0.2) is 0 Å². The molecule has 3 aromatic rings. The van der Waals surface area contributed by atoms with Gasteiger partial charge in [0.1, 0.15) is 30.8 Å². The van der Waals surface area contributed by atoms with Crippen LogP contribution in [-0.2, 0) is 86.4 Å². The molecule has 1 aliphatic heterocycles. The Labute approximate surface area is 426 Å². The van der Waals surface area contributed by atoms with Crippen molar-refractivity contribution >= 4 is 74.4 Å². The summed E-state index contributed by atoms with van der Waals surface area (Å²) < 4.78 is 33.2. The molecular weight excluding hydrogens is 996 g/mol. The van der Waals surface area contributed by atoms with Gasteiger partial charge in [-0.15, -0.1) is 0 Å². The molecule has 0 aliphatic carbocycles. The van der Waals surface area contributed by atoms with Crippen LogP contribution in [0.5, 0.6) is 0 Å². The van der Waals surface area contributed by atoms with Crippen molar-refractivity contribution < 1.29 is 76.6 Å². The number of carbonyl (C=O) groups excluding carboxylic acids is 7. The Hall–Kier alpha value is -5.75. The first-order chi connectivity index (χ1) is 32.7. The number of ether oxygens (including phenoxy) is 7. The van der Waals surface area contributed by atoms with Crippen molar-refractivity contribution in [3.05, 3.63) is 120 Å². The summed E-state index contributed by atoms with van der Waals surface area (Å²) in [4.78, 5) is 83.9. The summed E-state index contributed by atoms with van der Waals surface area (Å²) in [6.45, 7) is 13.8. The van der Waals surface area contributed by atoms with Crippen molar-refractivity contribution in [3.8, 4) is 0 Å².